The van der Waals surface area contributed by atoms with Gasteiger partial charge in [-0.3, -0.25) is 4.79 Å². The number of ether oxygens (including phenoxy) is 1. The van der Waals surface area contributed by atoms with Crippen LogP contribution < -0.4 is 9.64 Å². The summed E-state index contributed by atoms with van der Waals surface area (Å²) in [5.74, 6) is -0.482. The van der Waals surface area contributed by atoms with Crippen LogP contribution in [0.1, 0.15) is 58.4 Å². The maximum Gasteiger partial charge on any atom is 0.420 e. The van der Waals surface area contributed by atoms with Crippen LogP contribution >= 0.6 is 0 Å². The van der Waals surface area contributed by atoms with E-state index in [2.05, 4.69) is 20.8 Å². The van der Waals surface area contributed by atoms with Crippen LogP contribution in [0.2, 0.25) is 0 Å². The van der Waals surface area contributed by atoms with Crippen LogP contribution in [0.25, 0.3) is 10.8 Å². The molecule has 2 aromatic rings. The smallest absolute Gasteiger partial charge is 0.420 e. The maximum atomic E-state index is 14.1. The topological polar surface area (TPSA) is 49.8 Å². The largest absolute Gasteiger partial charge is 0.490 e. The van der Waals surface area contributed by atoms with Gasteiger partial charge in [0.1, 0.15) is 11.3 Å². The Morgan fingerprint density at radius 2 is 1.75 bits per heavy atom. The number of rotatable bonds is 6. The molecule has 32 heavy (non-hydrogen) atoms. The maximum absolute atomic E-state index is 14.1. The number of alkyl halides is 3. The molecule has 1 aliphatic carbocycles. The zero-order valence-corrected chi connectivity index (χ0v) is 19.1. The number of hydrogen-bond donors (Lipinski definition) is 1. The molecule has 1 aliphatic rings. The lowest BCUT2D eigenvalue weighted by Gasteiger charge is -2.37. The predicted octanol–water partition coefficient (Wildman–Crippen LogP) is 6.75. The molecule has 1 fully saturated rings. The van der Waals surface area contributed by atoms with Gasteiger partial charge in [0.2, 0.25) is 0 Å². The Labute approximate surface area is 187 Å². The van der Waals surface area contributed by atoms with Gasteiger partial charge in [0.25, 0.3) is 0 Å². The normalized spacial score (nSPS) is 19.7. The Balaban J connectivity index is 1.86. The van der Waals surface area contributed by atoms with Gasteiger partial charge in [-0.05, 0) is 66.0 Å². The Kier molecular flexibility index (Phi) is 6.96. The molecule has 1 N–H and O–H groups in total. The number of halogens is 3. The van der Waals surface area contributed by atoms with Gasteiger partial charge < -0.3 is 14.7 Å². The Morgan fingerprint density at radius 1 is 1.09 bits per heavy atom. The van der Waals surface area contributed by atoms with Crippen molar-refractivity contribution in [2.24, 2.45) is 11.3 Å². The fraction of sp³-hybridized carbons (Fsp3) is 0.560. The highest BCUT2D eigenvalue weighted by Crippen LogP contribution is 2.44. The van der Waals surface area contributed by atoms with Gasteiger partial charge in [-0.1, -0.05) is 32.9 Å². The molecule has 0 saturated heterocycles. The van der Waals surface area contributed by atoms with Crippen molar-refractivity contribution in [2.75, 3.05) is 18.5 Å². The summed E-state index contributed by atoms with van der Waals surface area (Å²) in [6.07, 6.45) is -1.39. The van der Waals surface area contributed by atoms with Crippen molar-refractivity contribution in [3.05, 3.63) is 35.9 Å². The summed E-state index contributed by atoms with van der Waals surface area (Å²) in [7, 11) is 1.72. The summed E-state index contributed by atoms with van der Waals surface area (Å²) in [4.78, 5) is 12.5. The van der Waals surface area contributed by atoms with Gasteiger partial charge in [-0.2, -0.15) is 13.2 Å². The number of nitrogens with zero attached hydrogens (tertiary/aromatic N) is 1. The number of carboxylic acid groups (broad SMARTS) is 1. The number of carbonyl (C=O) groups is 1. The number of anilines is 1. The van der Waals surface area contributed by atoms with E-state index in [1.165, 1.54) is 12.1 Å². The average molecular weight is 452 g/mol. The molecule has 2 aromatic carbocycles. The molecule has 4 nitrogen and oxygen atoms in total. The van der Waals surface area contributed by atoms with E-state index in [0.29, 0.717) is 17.0 Å². The molecular formula is C25H32F3NO3. The summed E-state index contributed by atoms with van der Waals surface area (Å²) in [5, 5.41) is 9.40. The van der Waals surface area contributed by atoms with Crippen LogP contribution in [0.15, 0.2) is 30.3 Å². The van der Waals surface area contributed by atoms with Crippen molar-refractivity contribution in [3.63, 3.8) is 0 Å². The molecule has 0 heterocycles. The van der Waals surface area contributed by atoms with Gasteiger partial charge in [0.15, 0.2) is 0 Å². The van der Waals surface area contributed by atoms with E-state index in [9.17, 15) is 18.0 Å². The second-order valence-electron chi connectivity index (χ2n) is 9.86. The average Bonchev–Trinajstić information content (AvgIpc) is 2.70. The fourth-order valence-electron chi connectivity index (χ4n) is 4.54. The minimum Gasteiger partial charge on any atom is -0.490 e. The molecule has 0 aromatic heterocycles. The van der Waals surface area contributed by atoms with Crippen molar-refractivity contribution < 1.29 is 27.8 Å². The molecule has 0 amide bonds. The summed E-state index contributed by atoms with van der Waals surface area (Å²) in [5.41, 5.74) is 0.120. The van der Waals surface area contributed by atoms with Gasteiger partial charge in [-0.25, -0.2) is 0 Å². The van der Waals surface area contributed by atoms with Crippen LogP contribution in [-0.2, 0) is 11.0 Å². The summed E-state index contributed by atoms with van der Waals surface area (Å²) >= 11 is 0. The Morgan fingerprint density at radius 3 is 2.31 bits per heavy atom. The zero-order chi connectivity index (χ0) is 23.7. The van der Waals surface area contributed by atoms with Crippen LogP contribution in [0.3, 0.4) is 0 Å². The van der Waals surface area contributed by atoms with E-state index in [1.807, 2.05) is 0 Å². The zero-order valence-electron chi connectivity index (χ0n) is 19.1. The fourth-order valence-corrected chi connectivity index (χ4v) is 4.54. The van der Waals surface area contributed by atoms with E-state index >= 15 is 0 Å². The van der Waals surface area contributed by atoms with Crippen molar-refractivity contribution in [1.29, 1.82) is 0 Å². The molecule has 0 bridgehead atoms. The quantitative estimate of drug-likeness (QED) is 0.528. The minimum atomic E-state index is -4.55. The molecule has 176 valence electrons. The molecule has 0 atom stereocenters. The third kappa shape index (κ3) is 5.67. The van der Waals surface area contributed by atoms with E-state index in [1.54, 1.807) is 30.1 Å². The van der Waals surface area contributed by atoms with Crippen LogP contribution in [-0.4, -0.2) is 30.8 Å². The van der Waals surface area contributed by atoms with E-state index in [4.69, 9.17) is 9.84 Å². The lowest BCUT2D eigenvalue weighted by atomic mass is 9.72. The third-order valence-electron chi connectivity index (χ3n) is 6.54. The molecule has 0 radical (unpaired) electrons. The lowest BCUT2D eigenvalue weighted by molar-refractivity contribution is -0.138. The van der Waals surface area contributed by atoms with E-state index in [0.717, 1.165) is 25.7 Å². The standard InChI is InChI=1S/C25H32F3NO3/c1-24(2,3)17-6-9-19(10-7-17)32-21-12-5-16-15-18(29(4)14-13-22(30)31)8-11-20(16)23(21)25(26,27)28/h5,8,11-12,15,17,19H,6-7,9-10,13-14H2,1-4H3,(H,30,31)/t17-,19-. The second-order valence-corrected chi connectivity index (χ2v) is 9.86. The first-order valence-electron chi connectivity index (χ1n) is 11.1. The van der Waals surface area contributed by atoms with Crippen LogP contribution in [0.4, 0.5) is 18.9 Å². The van der Waals surface area contributed by atoms with Gasteiger partial charge in [0.05, 0.1) is 12.5 Å². The van der Waals surface area contributed by atoms with Crippen LogP contribution in [0, 0.1) is 11.3 Å². The predicted molar refractivity (Wildman–Crippen MR) is 120 cm³/mol. The first-order valence-corrected chi connectivity index (χ1v) is 11.1. The highest BCUT2D eigenvalue weighted by molar-refractivity contribution is 5.91. The Bertz CT molecular complexity index is 957. The number of hydrogen-bond acceptors (Lipinski definition) is 3. The first-order chi connectivity index (χ1) is 14.9. The highest BCUT2D eigenvalue weighted by atomic mass is 19.4. The van der Waals surface area contributed by atoms with E-state index in [-0.39, 0.29) is 35.6 Å². The molecule has 7 heteroatoms. The number of aliphatic carboxylic acids is 1. The lowest BCUT2D eigenvalue weighted by Crippen LogP contribution is -2.31. The number of benzene rings is 2. The van der Waals surface area contributed by atoms with Gasteiger partial charge >= 0.3 is 12.1 Å². The molecule has 0 spiro atoms. The van der Waals surface area contributed by atoms with Crippen molar-refractivity contribution in [3.8, 4) is 5.75 Å². The third-order valence-corrected chi connectivity index (χ3v) is 6.54. The summed E-state index contributed by atoms with van der Waals surface area (Å²) in [6, 6.07) is 7.77. The SMILES string of the molecule is CN(CCC(=O)O)c1ccc2c(C(F)(F)F)c(O[C@H]3CC[C@H](C(C)(C)C)CC3)ccc2c1. The van der Waals surface area contributed by atoms with Gasteiger partial charge in [-0.15, -0.1) is 0 Å². The molecule has 3 rings (SSSR count). The summed E-state index contributed by atoms with van der Waals surface area (Å²) in [6.45, 7) is 6.89. The van der Waals surface area contributed by atoms with Crippen LogP contribution in [0.5, 0.6) is 5.75 Å². The van der Waals surface area contributed by atoms with Crippen molar-refractivity contribution in [1.82, 2.24) is 0 Å². The number of carboxylic acids is 1. The van der Waals surface area contributed by atoms with Gasteiger partial charge in [0, 0.05) is 19.3 Å². The second kappa shape index (κ2) is 9.20. The summed E-state index contributed by atoms with van der Waals surface area (Å²) < 4.78 is 48.1. The minimum absolute atomic E-state index is 0.0490. The van der Waals surface area contributed by atoms with Crippen molar-refractivity contribution in [2.45, 2.75) is 65.2 Å². The molecule has 0 unspecified atom stereocenters. The first kappa shape index (κ1) is 24.2. The Hall–Kier alpha value is -2.44. The van der Waals surface area contributed by atoms with Crippen molar-refractivity contribution >= 4 is 22.4 Å². The molecule has 1 saturated carbocycles. The highest BCUT2D eigenvalue weighted by Gasteiger charge is 2.38. The monoisotopic (exact) mass is 451 g/mol. The molecular weight excluding hydrogens is 419 g/mol. The van der Waals surface area contributed by atoms with E-state index < -0.39 is 17.7 Å². The molecule has 0 aliphatic heterocycles. The number of fused-ring (bicyclic) bond motifs is 1.